The molecule has 0 aliphatic heterocycles. The van der Waals surface area contributed by atoms with Crippen molar-refractivity contribution in [3.8, 4) is 11.5 Å². The number of benzene rings is 1. The van der Waals surface area contributed by atoms with E-state index in [-0.39, 0.29) is 24.6 Å². The van der Waals surface area contributed by atoms with Crippen LogP contribution in [0.2, 0.25) is 0 Å². The van der Waals surface area contributed by atoms with Gasteiger partial charge in [-0.1, -0.05) is 13.3 Å². The van der Waals surface area contributed by atoms with Crippen LogP contribution in [0.15, 0.2) is 12.1 Å². The number of carbonyl (C=O) groups excluding carboxylic acids is 2. The number of rotatable bonds is 9. The summed E-state index contributed by atoms with van der Waals surface area (Å²) in [4.78, 5) is 23.8. The smallest absolute Gasteiger partial charge is 0.306 e. The third kappa shape index (κ3) is 4.48. The van der Waals surface area contributed by atoms with Crippen molar-refractivity contribution in [3.63, 3.8) is 0 Å². The Morgan fingerprint density at radius 1 is 1.05 bits per heavy atom. The number of Topliss-reactive ketones (excluding diaryl/α,β-unsaturated/α-hetero) is 1. The standard InChI is InChI=1S/C17H24O5/c1-5-7-13-12(8-10-15(20-3)17(13)21-4)14(18)9-11-16(19)22-6-2/h8,10H,5-7,9,11H2,1-4H3. The highest BCUT2D eigenvalue weighted by Crippen LogP contribution is 2.35. The molecule has 0 saturated carbocycles. The maximum atomic E-state index is 12.4. The van der Waals surface area contributed by atoms with Gasteiger partial charge in [-0.05, 0) is 25.5 Å². The third-order valence-corrected chi connectivity index (χ3v) is 3.31. The summed E-state index contributed by atoms with van der Waals surface area (Å²) in [6.45, 7) is 4.10. The maximum absolute atomic E-state index is 12.4. The van der Waals surface area contributed by atoms with Crippen LogP contribution in [0.1, 0.15) is 49.0 Å². The van der Waals surface area contributed by atoms with Crippen LogP contribution < -0.4 is 9.47 Å². The SMILES string of the molecule is CCCc1c(C(=O)CCC(=O)OCC)ccc(OC)c1OC. The second kappa shape index (κ2) is 9.07. The van der Waals surface area contributed by atoms with Crippen molar-refractivity contribution >= 4 is 11.8 Å². The highest BCUT2D eigenvalue weighted by molar-refractivity contribution is 5.99. The van der Waals surface area contributed by atoms with Crippen molar-refractivity contribution in [1.82, 2.24) is 0 Å². The normalized spacial score (nSPS) is 10.2. The molecule has 0 saturated heterocycles. The second-order valence-corrected chi connectivity index (χ2v) is 4.81. The minimum Gasteiger partial charge on any atom is -0.493 e. The molecule has 1 aromatic rings. The van der Waals surface area contributed by atoms with Crippen molar-refractivity contribution in [2.75, 3.05) is 20.8 Å². The number of esters is 1. The van der Waals surface area contributed by atoms with E-state index in [0.717, 1.165) is 12.0 Å². The monoisotopic (exact) mass is 308 g/mol. The van der Waals surface area contributed by atoms with E-state index in [0.29, 0.717) is 30.1 Å². The van der Waals surface area contributed by atoms with Crippen LogP contribution in [0.3, 0.4) is 0 Å². The predicted octanol–water partition coefficient (Wildman–Crippen LogP) is 3.18. The fourth-order valence-electron chi connectivity index (χ4n) is 2.33. The molecule has 0 heterocycles. The Balaban J connectivity index is 3.02. The molecule has 0 spiro atoms. The zero-order valence-electron chi connectivity index (χ0n) is 13.7. The molecule has 0 aromatic heterocycles. The Bertz CT molecular complexity index is 522. The highest BCUT2D eigenvalue weighted by atomic mass is 16.5. The minimum atomic E-state index is -0.353. The summed E-state index contributed by atoms with van der Waals surface area (Å²) in [6.07, 6.45) is 1.81. The highest BCUT2D eigenvalue weighted by Gasteiger charge is 2.19. The van der Waals surface area contributed by atoms with E-state index in [4.69, 9.17) is 14.2 Å². The van der Waals surface area contributed by atoms with E-state index in [1.54, 1.807) is 33.3 Å². The van der Waals surface area contributed by atoms with Gasteiger partial charge in [-0.15, -0.1) is 0 Å². The van der Waals surface area contributed by atoms with Crippen LogP contribution in [0.5, 0.6) is 11.5 Å². The minimum absolute atomic E-state index is 0.0857. The summed E-state index contributed by atoms with van der Waals surface area (Å²) in [5.74, 6) is 0.755. The van der Waals surface area contributed by atoms with Gasteiger partial charge < -0.3 is 14.2 Å². The number of ketones is 1. The Morgan fingerprint density at radius 2 is 1.77 bits per heavy atom. The lowest BCUT2D eigenvalue weighted by Gasteiger charge is -2.16. The summed E-state index contributed by atoms with van der Waals surface area (Å²) < 4.78 is 15.5. The maximum Gasteiger partial charge on any atom is 0.306 e. The van der Waals surface area contributed by atoms with Crippen LogP contribution in [0.25, 0.3) is 0 Å². The number of ether oxygens (including phenoxy) is 3. The van der Waals surface area contributed by atoms with Crippen LogP contribution in [0.4, 0.5) is 0 Å². The van der Waals surface area contributed by atoms with Crippen LogP contribution in [0, 0.1) is 0 Å². The fourth-order valence-corrected chi connectivity index (χ4v) is 2.33. The lowest BCUT2D eigenvalue weighted by molar-refractivity contribution is -0.143. The molecule has 0 unspecified atom stereocenters. The van der Waals surface area contributed by atoms with E-state index in [1.807, 2.05) is 6.92 Å². The Labute approximate surface area is 131 Å². The van der Waals surface area contributed by atoms with Gasteiger partial charge in [0, 0.05) is 17.5 Å². The van der Waals surface area contributed by atoms with Gasteiger partial charge in [-0.2, -0.15) is 0 Å². The molecule has 122 valence electrons. The van der Waals surface area contributed by atoms with Gasteiger partial charge in [0.15, 0.2) is 17.3 Å². The van der Waals surface area contributed by atoms with Crippen molar-refractivity contribution in [3.05, 3.63) is 23.3 Å². The van der Waals surface area contributed by atoms with Gasteiger partial charge in [-0.25, -0.2) is 0 Å². The number of hydrogen-bond donors (Lipinski definition) is 0. The van der Waals surface area contributed by atoms with Crippen LogP contribution >= 0.6 is 0 Å². The predicted molar refractivity (Wildman–Crippen MR) is 83.7 cm³/mol. The van der Waals surface area contributed by atoms with Crippen molar-refractivity contribution in [2.24, 2.45) is 0 Å². The number of hydrogen-bond acceptors (Lipinski definition) is 5. The summed E-state index contributed by atoms with van der Waals surface area (Å²) >= 11 is 0. The molecule has 1 rings (SSSR count). The van der Waals surface area contributed by atoms with Crippen molar-refractivity contribution in [2.45, 2.75) is 39.5 Å². The van der Waals surface area contributed by atoms with Gasteiger partial charge in [-0.3, -0.25) is 9.59 Å². The summed E-state index contributed by atoms with van der Waals surface area (Å²) in [5, 5.41) is 0. The average molecular weight is 308 g/mol. The molecular formula is C17H24O5. The lowest BCUT2D eigenvalue weighted by Crippen LogP contribution is -2.10. The molecule has 0 radical (unpaired) electrons. The average Bonchev–Trinajstić information content (AvgIpc) is 2.52. The molecule has 0 N–H and O–H groups in total. The molecular weight excluding hydrogens is 284 g/mol. The third-order valence-electron chi connectivity index (χ3n) is 3.31. The van der Waals surface area contributed by atoms with Gasteiger partial charge >= 0.3 is 5.97 Å². The Hall–Kier alpha value is -2.04. The van der Waals surface area contributed by atoms with Gasteiger partial charge in [0.2, 0.25) is 0 Å². The van der Waals surface area contributed by atoms with Gasteiger partial charge in [0.05, 0.1) is 27.2 Å². The molecule has 22 heavy (non-hydrogen) atoms. The van der Waals surface area contributed by atoms with E-state index in [9.17, 15) is 9.59 Å². The largest absolute Gasteiger partial charge is 0.493 e. The molecule has 1 aromatic carbocycles. The quantitative estimate of drug-likeness (QED) is 0.518. The summed E-state index contributed by atoms with van der Waals surface area (Å²) in [6, 6.07) is 3.45. The van der Waals surface area contributed by atoms with Crippen molar-refractivity contribution < 1.29 is 23.8 Å². The zero-order chi connectivity index (χ0) is 16.5. The van der Waals surface area contributed by atoms with Gasteiger partial charge in [0.1, 0.15) is 0 Å². The molecule has 0 amide bonds. The second-order valence-electron chi connectivity index (χ2n) is 4.81. The van der Waals surface area contributed by atoms with E-state index in [2.05, 4.69) is 0 Å². The first-order chi connectivity index (χ1) is 10.6. The Morgan fingerprint density at radius 3 is 2.32 bits per heavy atom. The topological polar surface area (TPSA) is 61.8 Å². The molecule has 5 nitrogen and oxygen atoms in total. The Kier molecular flexibility index (Phi) is 7.43. The van der Waals surface area contributed by atoms with E-state index < -0.39 is 0 Å². The van der Waals surface area contributed by atoms with Gasteiger partial charge in [0.25, 0.3) is 0 Å². The first kappa shape index (κ1) is 18.0. The summed E-state index contributed by atoms with van der Waals surface area (Å²) in [5.41, 5.74) is 1.42. The summed E-state index contributed by atoms with van der Waals surface area (Å²) in [7, 11) is 3.12. The van der Waals surface area contributed by atoms with Crippen molar-refractivity contribution in [1.29, 1.82) is 0 Å². The lowest BCUT2D eigenvalue weighted by atomic mass is 9.96. The molecule has 0 aliphatic rings. The first-order valence-corrected chi connectivity index (χ1v) is 7.51. The molecule has 0 bridgehead atoms. The first-order valence-electron chi connectivity index (χ1n) is 7.51. The molecule has 0 fully saturated rings. The molecule has 0 aliphatic carbocycles. The van der Waals surface area contributed by atoms with E-state index >= 15 is 0 Å². The zero-order valence-corrected chi connectivity index (χ0v) is 13.7. The molecule has 5 heteroatoms. The number of methoxy groups -OCH3 is 2. The van der Waals surface area contributed by atoms with Crippen LogP contribution in [-0.2, 0) is 16.0 Å². The molecule has 0 atom stereocenters. The van der Waals surface area contributed by atoms with Crippen LogP contribution in [-0.4, -0.2) is 32.6 Å². The number of carbonyl (C=O) groups is 2. The van der Waals surface area contributed by atoms with E-state index in [1.165, 1.54) is 0 Å². The fraction of sp³-hybridized carbons (Fsp3) is 0.529.